The quantitative estimate of drug-likeness (QED) is 0.464. The Bertz CT molecular complexity index is 775. The van der Waals surface area contributed by atoms with Gasteiger partial charge < -0.3 is 9.47 Å². The van der Waals surface area contributed by atoms with Crippen molar-refractivity contribution in [1.29, 1.82) is 0 Å². The van der Waals surface area contributed by atoms with E-state index in [4.69, 9.17) is 14.5 Å². The number of carbonyl (C=O) groups is 1. The van der Waals surface area contributed by atoms with Gasteiger partial charge in [0.2, 0.25) is 0 Å². The standard InChI is InChI=1S/C25H31NO3/c1-24(2,3)18-16-22(27)29-25(17-10-11-19-28-25)26-23(20-12-6-4-7-13-20)21-14-8-5-9-15-21/h4-9,12-15H,10-11,16-19H2,1-3H3. The van der Waals surface area contributed by atoms with E-state index in [1.165, 1.54) is 0 Å². The predicted octanol–water partition coefficient (Wildman–Crippen LogP) is 5.75. The molecule has 2 aromatic carbocycles. The summed E-state index contributed by atoms with van der Waals surface area (Å²) >= 11 is 0. The van der Waals surface area contributed by atoms with Gasteiger partial charge in [0, 0.05) is 24.0 Å². The van der Waals surface area contributed by atoms with Gasteiger partial charge in [-0.05, 0) is 24.7 Å². The minimum absolute atomic E-state index is 0.0715. The van der Waals surface area contributed by atoms with Crippen LogP contribution in [0, 0.1) is 5.41 Å². The Morgan fingerprint density at radius 1 is 1.00 bits per heavy atom. The number of nitrogens with zero attached hydrogens (tertiary/aromatic N) is 1. The van der Waals surface area contributed by atoms with Crippen molar-refractivity contribution < 1.29 is 14.3 Å². The lowest BCUT2D eigenvalue weighted by Crippen LogP contribution is -2.40. The first-order valence-corrected chi connectivity index (χ1v) is 10.4. The van der Waals surface area contributed by atoms with Crippen molar-refractivity contribution in [2.75, 3.05) is 6.61 Å². The molecular formula is C25H31NO3. The molecule has 0 N–H and O–H groups in total. The van der Waals surface area contributed by atoms with Crippen molar-refractivity contribution in [1.82, 2.24) is 0 Å². The van der Waals surface area contributed by atoms with Gasteiger partial charge in [-0.1, -0.05) is 81.4 Å². The summed E-state index contributed by atoms with van der Waals surface area (Å²) in [5, 5.41) is 0. The molecule has 154 valence electrons. The number of benzene rings is 2. The highest BCUT2D eigenvalue weighted by atomic mass is 16.7. The number of esters is 1. The van der Waals surface area contributed by atoms with Crippen molar-refractivity contribution in [2.24, 2.45) is 10.4 Å². The second-order valence-electron chi connectivity index (χ2n) is 8.75. The Balaban J connectivity index is 1.95. The second kappa shape index (κ2) is 9.36. The first kappa shape index (κ1) is 21.3. The van der Waals surface area contributed by atoms with Gasteiger partial charge in [-0.2, -0.15) is 0 Å². The van der Waals surface area contributed by atoms with Crippen LogP contribution >= 0.6 is 0 Å². The largest absolute Gasteiger partial charge is 0.412 e. The fourth-order valence-electron chi connectivity index (χ4n) is 3.31. The monoisotopic (exact) mass is 393 g/mol. The van der Waals surface area contributed by atoms with Crippen LogP contribution < -0.4 is 0 Å². The molecule has 0 aliphatic carbocycles. The summed E-state index contributed by atoms with van der Waals surface area (Å²) in [6, 6.07) is 20.0. The highest BCUT2D eigenvalue weighted by Gasteiger charge is 2.38. The van der Waals surface area contributed by atoms with Crippen LogP contribution in [0.5, 0.6) is 0 Å². The van der Waals surface area contributed by atoms with Gasteiger partial charge in [-0.25, -0.2) is 4.99 Å². The molecule has 0 bridgehead atoms. The Morgan fingerprint density at radius 2 is 1.59 bits per heavy atom. The SMILES string of the molecule is CC(C)(C)CCC(=O)OC1(N=C(c2ccccc2)c2ccccc2)CCCCO1. The molecule has 3 rings (SSSR count). The molecule has 0 radical (unpaired) electrons. The van der Waals surface area contributed by atoms with Gasteiger partial charge in [-0.15, -0.1) is 0 Å². The number of aliphatic imine (C=N–C) groups is 1. The number of hydrogen-bond donors (Lipinski definition) is 0. The Kier molecular flexibility index (Phi) is 6.86. The van der Waals surface area contributed by atoms with Crippen molar-refractivity contribution in [3.05, 3.63) is 71.8 Å². The van der Waals surface area contributed by atoms with Crippen molar-refractivity contribution >= 4 is 11.7 Å². The molecule has 0 aromatic heterocycles. The average Bonchev–Trinajstić information content (AvgIpc) is 2.72. The number of rotatable bonds is 6. The molecule has 0 saturated carbocycles. The van der Waals surface area contributed by atoms with Crippen LogP contribution in [-0.2, 0) is 14.3 Å². The molecule has 1 unspecified atom stereocenters. The third kappa shape index (κ3) is 6.26. The predicted molar refractivity (Wildman–Crippen MR) is 116 cm³/mol. The van der Waals surface area contributed by atoms with Crippen LogP contribution in [0.4, 0.5) is 0 Å². The van der Waals surface area contributed by atoms with E-state index in [1.807, 2.05) is 60.7 Å². The maximum absolute atomic E-state index is 12.6. The van der Waals surface area contributed by atoms with Crippen LogP contribution in [0.1, 0.15) is 64.0 Å². The molecule has 1 aliphatic rings. The molecular weight excluding hydrogens is 362 g/mol. The van der Waals surface area contributed by atoms with Crippen LogP contribution in [0.15, 0.2) is 65.7 Å². The van der Waals surface area contributed by atoms with Crippen molar-refractivity contribution in [2.45, 2.75) is 58.8 Å². The molecule has 29 heavy (non-hydrogen) atoms. The van der Waals surface area contributed by atoms with Gasteiger partial charge in [0.1, 0.15) is 0 Å². The van der Waals surface area contributed by atoms with E-state index in [1.54, 1.807) is 0 Å². The topological polar surface area (TPSA) is 47.9 Å². The van der Waals surface area contributed by atoms with Crippen molar-refractivity contribution in [3.8, 4) is 0 Å². The maximum Gasteiger partial charge on any atom is 0.315 e. The normalized spacial score (nSPS) is 19.4. The van der Waals surface area contributed by atoms with Gasteiger partial charge in [0.25, 0.3) is 0 Å². The van der Waals surface area contributed by atoms with Gasteiger partial charge in [0.15, 0.2) is 0 Å². The zero-order valence-corrected chi connectivity index (χ0v) is 17.7. The lowest BCUT2D eigenvalue weighted by molar-refractivity contribution is -0.242. The molecule has 0 spiro atoms. The first-order valence-electron chi connectivity index (χ1n) is 10.4. The summed E-state index contributed by atoms with van der Waals surface area (Å²) in [5.41, 5.74) is 2.79. The first-order chi connectivity index (χ1) is 13.9. The van der Waals surface area contributed by atoms with Crippen molar-refractivity contribution in [3.63, 3.8) is 0 Å². The molecule has 1 heterocycles. The van der Waals surface area contributed by atoms with E-state index in [0.29, 0.717) is 19.4 Å². The summed E-state index contributed by atoms with van der Waals surface area (Å²) in [6.07, 6.45) is 3.54. The smallest absolute Gasteiger partial charge is 0.315 e. The highest BCUT2D eigenvalue weighted by molar-refractivity contribution is 6.13. The van der Waals surface area contributed by atoms with Crippen LogP contribution in [-0.4, -0.2) is 24.2 Å². The van der Waals surface area contributed by atoms with Gasteiger partial charge in [0.05, 0.1) is 12.3 Å². The Hall–Kier alpha value is -2.46. The number of carbonyl (C=O) groups excluding carboxylic acids is 1. The van der Waals surface area contributed by atoms with Gasteiger partial charge >= 0.3 is 11.9 Å². The van der Waals surface area contributed by atoms with E-state index < -0.39 is 5.91 Å². The summed E-state index contributed by atoms with van der Waals surface area (Å²) in [6.45, 7) is 6.89. The summed E-state index contributed by atoms with van der Waals surface area (Å²) in [5.74, 6) is -1.51. The lowest BCUT2D eigenvalue weighted by atomic mass is 9.91. The maximum atomic E-state index is 12.6. The third-order valence-electron chi connectivity index (χ3n) is 4.94. The molecule has 1 atom stereocenters. The van der Waals surface area contributed by atoms with Gasteiger partial charge in [-0.3, -0.25) is 4.79 Å². The van der Waals surface area contributed by atoms with E-state index in [-0.39, 0.29) is 11.4 Å². The Labute approximate surface area is 174 Å². The molecule has 1 fully saturated rings. The zero-order chi connectivity index (χ0) is 20.7. The minimum atomic E-state index is -1.26. The molecule has 2 aromatic rings. The zero-order valence-electron chi connectivity index (χ0n) is 17.7. The van der Waals surface area contributed by atoms with E-state index >= 15 is 0 Å². The molecule has 4 nitrogen and oxygen atoms in total. The summed E-state index contributed by atoms with van der Waals surface area (Å²) < 4.78 is 11.9. The fourth-order valence-corrected chi connectivity index (χ4v) is 3.31. The number of hydrogen-bond acceptors (Lipinski definition) is 4. The average molecular weight is 394 g/mol. The Morgan fingerprint density at radius 3 is 2.07 bits per heavy atom. The number of ether oxygens (including phenoxy) is 2. The highest BCUT2D eigenvalue weighted by Crippen LogP contribution is 2.31. The molecule has 1 aliphatic heterocycles. The van der Waals surface area contributed by atoms with Crippen LogP contribution in [0.3, 0.4) is 0 Å². The minimum Gasteiger partial charge on any atom is -0.412 e. The molecule has 1 saturated heterocycles. The van der Waals surface area contributed by atoms with Crippen LogP contribution in [0.2, 0.25) is 0 Å². The molecule has 4 heteroatoms. The third-order valence-corrected chi connectivity index (χ3v) is 4.94. The van der Waals surface area contributed by atoms with E-state index in [9.17, 15) is 4.79 Å². The summed E-state index contributed by atoms with van der Waals surface area (Å²) in [7, 11) is 0. The summed E-state index contributed by atoms with van der Waals surface area (Å²) in [4.78, 5) is 17.6. The molecule has 0 amide bonds. The fraction of sp³-hybridized carbons (Fsp3) is 0.440. The van der Waals surface area contributed by atoms with Crippen LogP contribution in [0.25, 0.3) is 0 Å². The van der Waals surface area contributed by atoms with E-state index in [0.717, 1.165) is 36.1 Å². The lowest BCUT2D eigenvalue weighted by Gasteiger charge is -2.34. The second-order valence-corrected chi connectivity index (χ2v) is 8.75. The van der Waals surface area contributed by atoms with E-state index in [2.05, 4.69) is 20.8 Å².